The Morgan fingerprint density at radius 1 is 1.38 bits per heavy atom. The summed E-state index contributed by atoms with van der Waals surface area (Å²) >= 11 is 0. The normalized spacial score (nSPS) is 17.3. The number of nitrogens with zero attached hydrogens (tertiary/aromatic N) is 2. The van der Waals surface area contributed by atoms with Gasteiger partial charge in [0.15, 0.2) is 0 Å². The summed E-state index contributed by atoms with van der Waals surface area (Å²) < 4.78 is 42.9. The molecule has 1 aliphatic rings. The van der Waals surface area contributed by atoms with Gasteiger partial charge in [-0.05, 0) is 19.3 Å². The quantitative estimate of drug-likeness (QED) is 0.890. The molecule has 0 radical (unpaired) electrons. The monoisotopic (exact) mass is 347 g/mol. The second kappa shape index (κ2) is 7.13. The van der Waals surface area contributed by atoms with Crippen LogP contribution >= 0.6 is 0 Å². The fourth-order valence-electron chi connectivity index (χ4n) is 2.94. The standard InChI is InChI=1S/C16H24F3N3O2/c1-15(2,6-9-24-3)14(23)22-7-4-11(5-8-22)13-20-10-12(21-13)16(17,18)19/h10-11H,4-9H2,1-3H3,(H,20,21). The van der Waals surface area contributed by atoms with Crippen LogP contribution in [0, 0.1) is 5.41 Å². The third kappa shape index (κ3) is 4.28. The molecule has 1 amide bonds. The van der Waals surface area contributed by atoms with Gasteiger partial charge in [0.25, 0.3) is 0 Å². The zero-order valence-corrected chi connectivity index (χ0v) is 14.2. The molecule has 2 heterocycles. The van der Waals surface area contributed by atoms with E-state index >= 15 is 0 Å². The van der Waals surface area contributed by atoms with Gasteiger partial charge in [0.05, 0.1) is 6.20 Å². The van der Waals surface area contributed by atoms with Crippen LogP contribution in [0.25, 0.3) is 0 Å². The predicted octanol–water partition coefficient (Wildman–Crippen LogP) is 3.20. The number of carbonyl (C=O) groups excluding carboxylic acids is 1. The number of alkyl halides is 3. The van der Waals surface area contributed by atoms with Crippen molar-refractivity contribution in [3.05, 3.63) is 17.7 Å². The Morgan fingerprint density at radius 3 is 2.50 bits per heavy atom. The fourth-order valence-corrected chi connectivity index (χ4v) is 2.94. The third-order valence-corrected chi connectivity index (χ3v) is 4.58. The molecule has 1 aromatic heterocycles. The summed E-state index contributed by atoms with van der Waals surface area (Å²) in [7, 11) is 1.60. The number of amides is 1. The highest BCUT2D eigenvalue weighted by Crippen LogP contribution is 2.33. The Hall–Kier alpha value is -1.57. The van der Waals surface area contributed by atoms with E-state index in [1.807, 2.05) is 13.8 Å². The Balaban J connectivity index is 1.93. The van der Waals surface area contributed by atoms with E-state index < -0.39 is 17.3 Å². The largest absolute Gasteiger partial charge is 0.432 e. The number of hydrogen-bond donors (Lipinski definition) is 1. The molecule has 0 atom stereocenters. The molecule has 1 fully saturated rings. The van der Waals surface area contributed by atoms with E-state index in [0.29, 0.717) is 44.8 Å². The van der Waals surface area contributed by atoms with E-state index in [-0.39, 0.29) is 11.8 Å². The molecule has 1 aromatic rings. The molecule has 1 saturated heterocycles. The number of nitrogens with one attached hydrogen (secondary N) is 1. The van der Waals surface area contributed by atoms with Crippen LogP contribution in [-0.4, -0.2) is 47.6 Å². The molecule has 1 aliphatic heterocycles. The van der Waals surface area contributed by atoms with Crippen LogP contribution in [0.3, 0.4) is 0 Å². The van der Waals surface area contributed by atoms with E-state index in [0.717, 1.165) is 6.20 Å². The molecule has 0 spiro atoms. The molecule has 0 unspecified atom stereocenters. The molecular formula is C16H24F3N3O2. The van der Waals surface area contributed by atoms with Crippen molar-refractivity contribution in [2.24, 2.45) is 5.41 Å². The Labute approximate surface area is 139 Å². The maximum absolute atomic E-state index is 12.6. The van der Waals surface area contributed by atoms with Gasteiger partial charge in [-0.1, -0.05) is 13.8 Å². The van der Waals surface area contributed by atoms with Crippen LogP contribution in [0.15, 0.2) is 6.20 Å². The van der Waals surface area contributed by atoms with Crippen molar-refractivity contribution in [2.75, 3.05) is 26.8 Å². The summed E-state index contributed by atoms with van der Waals surface area (Å²) in [5, 5.41) is 0. The van der Waals surface area contributed by atoms with E-state index in [9.17, 15) is 18.0 Å². The maximum Gasteiger partial charge on any atom is 0.432 e. The average molecular weight is 347 g/mol. The molecule has 0 saturated carbocycles. The van der Waals surface area contributed by atoms with Crippen molar-refractivity contribution in [1.29, 1.82) is 0 Å². The van der Waals surface area contributed by atoms with Gasteiger partial charge in [-0.25, -0.2) is 4.98 Å². The lowest BCUT2D eigenvalue weighted by Gasteiger charge is -2.36. The zero-order chi connectivity index (χ0) is 18.0. The van der Waals surface area contributed by atoms with E-state index in [1.54, 1.807) is 12.0 Å². The van der Waals surface area contributed by atoms with Gasteiger partial charge in [-0.3, -0.25) is 4.79 Å². The van der Waals surface area contributed by atoms with Crippen LogP contribution in [0.5, 0.6) is 0 Å². The second-order valence-electron chi connectivity index (χ2n) is 6.87. The van der Waals surface area contributed by atoms with Gasteiger partial charge in [-0.15, -0.1) is 0 Å². The molecule has 0 aromatic carbocycles. The van der Waals surface area contributed by atoms with Crippen molar-refractivity contribution in [2.45, 2.75) is 45.2 Å². The second-order valence-corrected chi connectivity index (χ2v) is 6.87. The van der Waals surface area contributed by atoms with E-state index in [2.05, 4.69) is 9.97 Å². The first-order chi connectivity index (χ1) is 11.1. The molecule has 24 heavy (non-hydrogen) atoms. The molecular weight excluding hydrogens is 323 g/mol. The minimum Gasteiger partial charge on any atom is -0.385 e. The number of halogens is 3. The summed E-state index contributed by atoms with van der Waals surface area (Å²) in [6.45, 7) is 5.36. The van der Waals surface area contributed by atoms with Gasteiger partial charge in [-0.2, -0.15) is 13.2 Å². The van der Waals surface area contributed by atoms with Gasteiger partial charge < -0.3 is 14.6 Å². The Kier molecular flexibility index (Phi) is 5.57. The number of likely N-dealkylation sites (tertiary alicyclic amines) is 1. The van der Waals surface area contributed by atoms with Gasteiger partial charge in [0.2, 0.25) is 5.91 Å². The zero-order valence-electron chi connectivity index (χ0n) is 14.2. The Morgan fingerprint density at radius 2 is 2.00 bits per heavy atom. The van der Waals surface area contributed by atoms with Gasteiger partial charge in [0, 0.05) is 38.1 Å². The number of aromatic amines is 1. The van der Waals surface area contributed by atoms with Crippen LogP contribution < -0.4 is 0 Å². The van der Waals surface area contributed by atoms with Crippen molar-refractivity contribution in [3.63, 3.8) is 0 Å². The molecule has 8 heteroatoms. The number of hydrogen-bond acceptors (Lipinski definition) is 3. The minimum absolute atomic E-state index is 0.0634. The first-order valence-electron chi connectivity index (χ1n) is 8.05. The predicted molar refractivity (Wildman–Crippen MR) is 82.4 cm³/mol. The maximum atomic E-state index is 12.6. The van der Waals surface area contributed by atoms with E-state index in [1.165, 1.54) is 0 Å². The van der Waals surface area contributed by atoms with Crippen LogP contribution in [0.2, 0.25) is 0 Å². The highest BCUT2D eigenvalue weighted by Gasteiger charge is 2.36. The Bertz CT molecular complexity index is 561. The summed E-state index contributed by atoms with van der Waals surface area (Å²) in [4.78, 5) is 20.6. The topological polar surface area (TPSA) is 58.2 Å². The molecule has 1 N–H and O–H groups in total. The number of ether oxygens (including phenoxy) is 1. The summed E-state index contributed by atoms with van der Waals surface area (Å²) in [5.74, 6) is 0.341. The lowest BCUT2D eigenvalue weighted by Crippen LogP contribution is -2.45. The van der Waals surface area contributed by atoms with Gasteiger partial charge in [0.1, 0.15) is 11.5 Å². The third-order valence-electron chi connectivity index (χ3n) is 4.58. The van der Waals surface area contributed by atoms with Crippen molar-refractivity contribution in [1.82, 2.24) is 14.9 Å². The van der Waals surface area contributed by atoms with E-state index in [4.69, 9.17) is 4.74 Å². The van der Waals surface area contributed by atoms with Crippen LogP contribution in [0.1, 0.15) is 50.5 Å². The smallest absolute Gasteiger partial charge is 0.385 e. The number of H-pyrrole nitrogens is 1. The molecule has 0 bridgehead atoms. The summed E-state index contributed by atoms with van der Waals surface area (Å²) in [6, 6.07) is 0. The molecule has 0 aliphatic carbocycles. The molecule has 5 nitrogen and oxygen atoms in total. The van der Waals surface area contributed by atoms with Crippen molar-refractivity contribution >= 4 is 5.91 Å². The highest BCUT2D eigenvalue weighted by atomic mass is 19.4. The number of aromatic nitrogens is 2. The molecule has 136 valence electrons. The van der Waals surface area contributed by atoms with Crippen LogP contribution in [0.4, 0.5) is 13.2 Å². The van der Waals surface area contributed by atoms with Crippen LogP contribution in [-0.2, 0) is 15.7 Å². The lowest BCUT2D eigenvalue weighted by atomic mass is 9.86. The minimum atomic E-state index is -4.41. The van der Waals surface area contributed by atoms with Crippen molar-refractivity contribution < 1.29 is 22.7 Å². The number of carbonyl (C=O) groups is 1. The number of rotatable bonds is 5. The summed E-state index contributed by atoms with van der Waals surface area (Å²) in [5.41, 5.74) is -1.33. The average Bonchev–Trinajstić information content (AvgIpc) is 3.02. The first kappa shape index (κ1) is 18.8. The SMILES string of the molecule is COCCC(C)(C)C(=O)N1CCC(c2ncc(C(F)(F)F)[nH]2)CC1. The highest BCUT2D eigenvalue weighted by molar-refractivity contribution is 5.82. The fraction of sp³-hybridized carbons (Fsp3) is 0.750. The van der Waals surface area contributed by atoms with Crippen molar-refractivity contribution in [3.8, 4) is 0 Å². The number of piperidine rings is 1. The first-order valence-corrected chi connectivity index (χ1v) is 8.05. The molecule has 2 rings (SSSR count). The summed E-state index contributed by atoms with van der Waals surface area (Å²) in [6.07, 6.45) is -1.72. The van der Waals surface area contributed by atoms with Gasteiger partial charge >= 0.3 is 6.18 Å². The number of imidazole rings is 1. The lowest BCUT2D eigenvalue weighted by molar-refractivity contribution is -0.142. The number of methoxy groups -OCH3 is 1.